The molecule has 4 heteroatoms. The Kier molecular flexibility index (Phi) is 2.69. The second-order valence-electron chi connectivity index (χ2n) is 5.71. The second-order valence-corrected chi connectivity index (χ2v) is 6.11. The van der Waals surface area contributed by atoms with Gasteiger partial charge in [-0.1, -0.05) is 39.3 Å². The molecule has 1 N–H and O–H groups in total. The van der Waals surface area contributed by atoms with E-state index in [9.17, 15) is 4.79 Å². The average Bonchev–Trinajstić information content (AvgIpc) is 2.61. The summed E-state index contributed by atoms with van der Waals surface area (Å²) < 4.78 is 0. The van der Waals surface area contributed by atoms with E-state index in [-0.39, 0.29) is 22.8 Å². The highest BCUT2D eigenvalue weighted by Gasteiger charge is 2.65. The summed E-state index contributed by atoms with van der Waals surface area (Å²) in [4.78, 5) is 16.0. The fraction of sp³-hybridized carbons (Fsp3) is 0.538. The van der Waals surface area contributed by atoms with Crippen molar-refractivity contribution in [3.63, 3.8) is 0 Å². The Balaban J connectivity index is 2.13. The predicted molar refractivity (Wildman–Crippen MR) is 68.1 cm³/mol. The summed E-state index contributed by atoms with van der Waals surface area (Å²) >= 11 is 5.96. The van der Waals surface area contributed by atoms with Gasteiger partial charge in [0.1, 0.15) is 0 Å². The van der Waals surface area contributed by atoms with Gasteiger partial charge in [-0.15, -0.1) is 0 Å². The summed E-state index contributed by atoms with van der Waals surface area (Å²) in [6.07, 6.45) is 3.07. The molecule has 0 aliphatic heterocycles. The molecular weight excluding hydrogens is 236 g/mol. The molecule has 1 fully saturated rings. The minimum atomic E-state index is -0.147. The quantitative estimate of drug-likeness (QED) is 0.879. The monoisotopic (exact) mass is 252 g/mol. The lowest BCUT2D eigenvalue weighted by atomic mass is 10.0. The molecule has 1 heterocycles. The molecule has 0 bridgehead atoms. The summed E-state index contributed by atoms with van der Waals surface area (Å²) in [5.74, 6) is -0.147. The van der Waals surface area contributed by atoms with Crippen molar-refractivity contribution in [1.29, 1.82) is 0 Å². The maximum absolute atomic E-state index is 12.1. The Morgan fingerprint density at radius 1 is 1.35 bits per heavy atom. The summed E-state index contributed by atoms with van der Waals surface area (Å²) in [6, 6.07) is 1.80. The molecule has 0 radical (unpaired) electrons. The standard InChI is InChI=1S/C13H17ClN2O/c1-12(2)11(13(12,3)4)16-10(17)8-7-15-6-5-9(8)14/h5-7,11H,1-4H3,(H,16,17). The summed E-state index contributed by atoms with van der Waals surface area (Å²) in [5, 5.41) is 3.47. The first-order valence-electron chi connectivity index (χ1n) is 5.69. The third-order valence-electron chi connectivity index (χ3n) is 4.31. The van der Waals surface area contributed by atoms with Crippen molar-refractivity contribution in [2.75, 3.05) is 0 Å². The lowest BCUT2D eigenvalue weighted by molar-refractivity contribution is 0.0943. The first-order chi connectivity index (χ1) is 7.78. The van der Waals surface area contributed by atoms with Crippen molar-refractivity contribution >= 4 is 17.5 Å². The van der Waals surface area contributed by atoms with Crippen molar-refractivity contribution in [2.24, 2.45) is 10.8 Å². The molecule has 0 spiro atoms. The topological polar surface area (TPSA) is 42.0 Å². The summed E-state index contributed by atoms with van der Waals surface area (Å²) in [7, 11) is 0. The molecule has 17 heavy (non-hydrogen) atoms. The van der Waals surface area contributed by atoms with Crippen LogP contribution in [0.15, 0.2) is 18.5 Å². The fourth-order valence-electron chi connectivity index (χ4n) is 2.31. The number of nitrogens with zero attached hydrogens (tertiary/aromatic N) is 1. The second kappa shape index (κ2) is 3.70. The molecule has 1 aromatic rings. The van der Waals surface area contributed by atoms with Crippen LogP contribution in [0.1, 0.15) is 38.1 Å². The minimum Gasteiger partial charge on any atom is -0.348 e. The Hall–Kier alpha value is -1.09. The van der Waals surface area contributed by atoms with E-state index in [1.807, 2.05) is 0 Å². The maximum atomic E-state index is 12.1. The zero-order valence-corrected chi connectivity index (χ0v) is 11.3. The van der Waals surface area contributed by atoms with Gasteiger partial charge in [0.25, 0.3) is 5.91 Å². The zero-order chi connectivity index (χ0) is 12.8. The van der Waals surface area contributed by atoms with Gasteiger partial charge in [-0.25, -0.2) is 0 Å². The highest BCUT2D eigenvalue weighted by atomic mass is 35.5. The van der Waals surface area contributed by atoms with Crippen LogP contribution < -0.4 is 5.32 Å². The number of hydrogen-bond donors (Lipinski definition) is 1. The Bertz CT molecular complexity index is 454. The molecule has 1 aromatic heterocycles. The number of hydrogen-bond acceptors (Lipinski definition) is 2. The van der Waals surface area contributed by atoms with Crippen LogP contribution in [0, 0.1) is 10.8 Å². The van der Waals surface area contributed by atoms with Crippen molar-refractivity contribution in [2.45, 2.75) is 33.7 Å². The summed E-state index contributed by atoms with van der Waals surface area (Å²) in [5.41, 5.74) is 0.682. The van der Waals surface area contributed by atoms with Crippen LogP contribution in [-0.2, 0) is 0 Å². The first-order valence-corrected chi connectivity index (χ1v) is 6.06. The number of rotatable bonds is 2. The van der Waals surface area contributed by atoms with Gasteiger partial charge in [0, 0.05) is 18.4 Å². The normalized spacial score (nSPS) is 21.0. The SMILES string of the molecule is CC1(C)C(NC(=O)c2cnccc2Cl)C1(C)C. The number of carbonyl (C=O) groups excluding carboxylic acids is 1. The molecule has 3 nitrogen and oxygen atoms in total. The lowest BCUT2D eigenvalue weighted by Crippen LogP contribution is -2.30. The molecular formula is C13H17ClN2O. The fourth-order valence-corrected chi connectivity index (χ4v) is 2.50. The van der Waals surface area contributed by atoms with Gasteiger partial charge in [-0.2, -0.15) is 0 Å². The largest absolute Gasteiger partial charge is 0.348 e. The molecule has 2 rings (SSSR count). The molecule has 0 atom stereocenters. The molecule has 1 aliphatic rings. The van der Waals surface area contributed by atoms with Crippen LogP contribution in [-0.4, -0.2) is 16.9 Å². The molecule has 0 saturated heterocycles. The molecule has 1 amide bonds. The number of amides is 1. The Morgan fingerprint density at radius 2 is 1.94 bits per heavy atom. The van der Waals surface area contributed by atoms with Gasteiger partial charge in [0.2, 0.25) is 0 Å². The van der Waals surface area contributed by atoms with E-state index in [2.05, 4.69) is 38.0 Å². The van der Waals surface area contributed by atoms with Gasteiger partial charge < -0.3 is 5.32 Å². The highest BCUT2D eigenvalue weighted by molar-refractivity contribution is 6.33. The van der Waals surface area contributed by atoms with E-state index in [0.29, 0.717) is 10.6 Å². The smallest absolute Gasteiger partial charge is 0.254 e. The number of aromatic nitrogens is 1. The van der Waals surface area contributed by atoms with Crippen LogP contribution in [0.5, 0.6) is 0 Å². The van der Waals surface area contributed by atoms with E-state index in [0.717, 1.165) is 0 Å². The van der Waals surface area contributed by atoms with Gasteiger partial charge in [-0.3, -0.25) is 9.78 Å². The average molecular weight is 253 g/mol. The van der Waals surface area contributed by atoms with Crippen molar-refractivity contribution in [1.82, 2.24) is 10.3 Å². The molecule has 1 saturated carbocycles. The van der Waals surface area contributed by atoms with Gasteiger partial charge in [0.15, 0.2) is 0 Å². The van der Waals surface area contributed by atoms with E-state index in [1.54, 1.807) is 12.3 Å². The number of carbonyl (C=O) groups is 1. The van der Waals surface area contributed by atoms with E-state index >= 15 is 0 Å². The van der Waals surface area contributed by atoms with Crippen LogP contribution in [0.4, 0.5) is 0 Å². The van der Waals surface area contributed by atoms with Crippen LogP contribution in [0.3, 0.4) is 0 Å². The van der Waals surface area contributed by atoms with E-state index in [1.165, 1.54) is 6.20 Å². The highest BCUT2D eigenvalue weighted by Crippen LogP contribution is 2.62. The maximum Gasteiger partial charge on any atom is 0.254 e. The van der Waals surface area contributed by atoms with E-state index < -0.39 is 0 Å². The first kappa shape index (κ1) is 12.4. The third kappa shape index (κ3) is 1.82. The molecule has 92 valence electrons. The van der Waals surface area contributed by atoms with Crippen LogP contribution in [0.2, 0.25) is 5.02 Å². The molecule has 1 aliphatic carbocycles. The Labute approximate surface area is 107 Å². The van der Waals surface area contributed by atoms with Crippen LogP contribution >= 0.6 is 11.6 Å². The van der Waals surface area contributed by atoms with Crippen LogP contribution in [0.25, 0.3) is 0 Å². The predicted octanol–water partition coefficient (Wildman–Crippen LogP) is 2.90. The third-order valence-corrected chi connectivity index (χ3v) is 4.64. The van der Waals surface area contributed by atoms with Crippen molar-refractivity contribution in [3.05, 3.63) is 29.0 Å². The number of nitrogens with one attached hydrogen (secondary N) is 1. The zero-order valence-electron chi connectivity index (χ0n) is 10.5. The van der Waals surface area contributed by atoms with Crippen molar-refractivity contribution < 1.29 is 4.79 Å². The van der Waals surface area contributed by atoms with Gasteiger partial charge in [-0.05, 0) is 16.9 Å². The minimum absolute atomic E-state index is 0.122. The number of halogens is 1. The molecule has 0 unspecified atom stereocenters. The van der Waals surface area contributed by atoms with Gasteiger partial charge >= 0.3 is 0 Å². The van der Waals surface area contributed by atoms with E-state index in [4.69, 9.17) is 11.6 Å². The molecule has 0 aromatic carbocycles. The Morgan fingerprint density at radius 3 is 2.41 bits per heavy atom. The summed E-state index contributed by atoms with van der Waals surface area (Å²) in [6.45, 7) is 8.62. The lowest BCUT2D eigenvalue weighted by Gasteiger charge is -2.07. The number of pyridine rings is 1. The van der Waals surface area contributed by atoms with Gasteiger partial charge in [0.05, 0.1) is 10.6 Å². The van der Waals surface area contributed by atoms with Crippen molar-refractivity contribution in [3.8, 4) is 0 Å².